The zero-order valence-corrected chi connectivity index (χ0v) is 21.4. The maximum Gasteiger partial charge on any atom is 0.338 e. The number of methoxy groups -OCH3 is 1. The van der Waals surface area contributed by atoms with Crippen LogP contribution in [0.2, 0.25) is 0 Å². The first-order chi connectivity index (χ1) is 18.4. The average Bonchev–Trinajstić information content (AvgIpc) is 2.94. The Balaban J connectivity index is 1.53. The quantitative estimate of drug-likeness (QED) is 0.280. The molecular formula is C31H25NO5S. The molecule has 0 heterocycles. The van der Waals surface area contributed by atoms with Crippen molar-refractivity contribution in [1.29, 1.82) is 0 Å². The number of ether oxygens (including phenoxy) is 1. The summed E-state index contributed by atoms with van der Waals surface area (Å²) >= 11 is 0. The fraction of sp³-hybridized carbons (Fsp3) is 0.0968. The SMILES string of the molecule is COC(=O)c1ccccc1CC(C(=O)NS(=O)(=O)c1ccc2ccccc2c1)c1ccc2ccccc2c1. The topological polar surface area (TPSA) is 89.5 Å². The van der Waals surface area contributed by atoms with Gasteiger partial charge in [-0.15, -0.1) is 0 Å². The van der Waals surface area contributed by atoms with Crippen molar-refractivity contribution >= 4 is 43.4 Å². The van der Waals surface area contributed by atoms with Crippen LogP contribution in [0.15, 0.2) is 114 Å². The molecule has 190 valence electrons. The van der Waals surface area contributed by atoms with Crippen molar-refractivity contribution in [1.82, 2.24) is 4.72 Å². The molecule has 1 atom stereocenters. The van der Waals surface area contributed by atoms with Crippen molar-refractivity contribution in [2.75, 3.05) is 7.11 Å². The highest BCUT2D eigenvalue weighted by Crippen LogP contribution is 2.28. The van der Waals surface area contributed by atoms with Gasteiger partial charge < -0.3 is 4.74 Å². The first-order valence-electron chi connectivity index (χ1n) is 12.1. The van der Waals surface area contributed by atoms with Crippen LogP contribution in [-0.4, -0.2) is 27.4 Å². The van der Waals surface area contributed by atoms with E-state index in [2.05, 4.69) is 4.72 Å². The molecule has 38 heavy (non-hydrogen) atoms. The normalized spacial score (nSPS) is 12.2. The van der Waals surface area contributed by atoms with Gasteiger partial charge in [0.05, 0.1) is 23.5 Å². The number of nitrogens with one attached hydrogen (secondary N) is 1. The van der Waals surface area contributed by atoms with Crippen LogP contribution in [0.5, 0.6) is 0 Å². The van der Waals surface area contributed by atoms with Crippen LogP contribution < -0.4 is 4.72 Å². The van der Waals surface area contributed by atoms with Crippen molar-refractivity contribution in [2.24, 2.45) is 0 Å². The van der Waals surface area contributed by atoms with Crippen LogP contribution in [0.1, 0.15) is 27.4 Å². The molecular weight excluding hydrogens is 498 g/mol. The number of sulfonamides is 1. The van der Waals surface area contributed by atoms with Gasteiger partial charge in [0.15, 0.2) is 0 Å². The van der Waals surface area contributed by atoms with Crippen LogP contribution in [0, 0.1) is 0 Å². The fourth-order valence-electron chi connectivity index (χ4n) is 4.61. The summed E-state index contributed by atoms with van der Waals surface area (Å²) in [7, 11) is -2.87. The van der Waals surface area contributed by atoms with Crippen LogP contribution in [-0.2, 0) is 26.0 Å². The summed E-state index contributed by atoms with van der Waals surface area (Å²) in [6.07, 6.45) is 0.0999. The molecule has 0 bridgehead atoms. The van der Waals surface area contributed by atoms with Crippen molar-refractivity contribution in [3.8, 4) is 0 Å². The lowest BCUT2D eigenvalue weighted by Crippen LogP contribution is -2.35. The number of rotatable bonds is 7. The molecule has 0 aliphatic carbocycles. The van der Waals surface area contributed by atoms with E-state index in [1.165, 1.54) is 13.2 Å². The van der Waals surface area contributed by atoms with Crippen LogP contribution >= 0.6 is 0 Å². The highest BCUT2D eigenvalue weighted by atomic mass is 32.2. The maximum absolute atomic E-state index is 13.7. The Kier molecular flexibility index (Phi) is 6.94. The maximum atomic E-state index is 13.7. The van der Waals surface area contributed by atoms with Crippen LogP contribution in [0.3, 0.4) is 0 Å². The largest absolute Gasteiger partial charge is 0.465 e. The molecule has 5 rings (SSSR count). The molecule has 1 amide bonds. The second-order valence-corrected chi connectivity index (χ2v) is 10.7. The minimum Gasteiger partial charge on any atom is -0.465 e. The first kappa shape index (κ1) is 25.2. The van der Waals surface area contributed by atoms with E-state index < -0.39 is 27.8 Å². The van der Waals surface area contributed by atoms with Gasteiger partial charge in [0, 0.05) is 0 Å². The number of esters is 1. The summed E-state index contributed by atoms with van der Waals surface area (Å²) in [4.78, 5) is 26.1. The molecule has 5 aromatic carbocycles. The zero-order chi connectivity index (χ0) is 26.7. The number of carbonyl (C=O) groups excluding carboxylic acids is 2. The number of fused-ring (bicyclic) bond motifs is 2. The molecule has 0 fully saturated rings. The Hall–Kier alpha value is -4.49. The van der Waals surface area contributed by atoms with E-state index in [0.29, 0.717) is 16.7 Å². The Labute approximate surface area is 220 Å². The lowest BCUT2D eigenvalue weighted by Gasteiger charge is -2.19. The van der Waals surface area contributed by atoms with Crippen molar-refractivity contribution in [2.45, 2.75) is 17.2 Å². The van der Waals surface area contributed by atoms with E-state index in [0.717, 1.165) is 21.5 Å². The van der Waals surface area contributed by atoms with E-state index >= 15 is 0 Å². The summed E-state index contributed by atoms with van der Waals surface area (Å²) in [6, 6.07) is 32.3. The van der Waals surface area contributed by atoms with Gasteiger partial charge in [-0.3, -0.25) is 4.79 Å². The Morgan fingerprint density at radius 1 is 0.737 bits per heavy atom. The van der Waals surface area contributed by atoms with Gasteiger partial charge in [-0.25, -0.2) is 17.9 Å². The highest BCUT2D eigenvalue weighted by Gasteiger charge is 2.28. The molecule has 0 spiro atoms. The van der Waals surface area contributed by atoms with E-state index in [1.807, 2.05) is 66.7 Å². The van der Waals surface area contributed by atoms with Gasteiger partial charge in [0.2, 0.25) is 5.91 Å². The molecule has 1 unspecified atom stereocenters. The molecule has 0 saturated heterocycles. The number of carbonyl (C=O) groups is 2. The minimum absolute atomic E-state index is 0.00299. The highest BCUT2D eigenvalue weighted by molar-refractivity contribution is 7.90. The number of hydrogen-bond donors (Lipinski definition) is 1. The first-order valence-corrected chi connectivity index (χ1v) is 13.5. The molecule has 0 aromatic heterocycles. The summed E-state index contributed by atoms with van der Waals surface area (Å²) in [5.74, 6) is -2.10. The van der Waals surface area contributed by atoms with Crippen LogP contribution in [0.25, 0.3) is 21.5 Å². The average molecular weight is 524 g/mol. The van der Waals surface area contributed by atoms with Gasteiger partial charge in [-0.2, -0.15) is 0 Å². The zero-order valence-electron chi connectivity index (χ0n) is 20.6. The van der Waals surface area contributed by atoms with E-state index in [1.54, 1.807) is 36.4 Å². The molecule has 6 nitrogen and oxygen atoms in total. The second kappa shape index (κ2) is 10.5. The number of hydrogen-bond acceptors (Lipinski definition) is 5. The predicted molar refractivity (Wildman–Crippen MR) is 147 cm³/mol. The van der Waals surface area contributed by atoms with E-state index in [-0.39, 0.29) is 11.3 Å². The Morgan fingerprint density at radius 2 is 1.32 bits per heavy atom. The van der Waals surface area contributed by atoms with Crippen LogP contribution in [0.4, 0.5) is 0 Å². The summed E-state index contributed by atoms with van der Waals surface area (Å²) in [5.41, 5.74) is 1.54. The smallest absolute Gasteiger partial charge is 0.338 e. The third-order valence-corrected chi connectivity index (χ3v) is 7.95. The minimum atomic E-state index is -4.16. The lowest BCUT2D eigenvalue weighted by atomic mass is 9.88. The Bertz CT molecular complexity index is 1780. The van der Waals surface area contributed by atoms with Gasteiger partial charge in [-0.05, 0) is 57.3 Å². The van der Waals surface area contributed by atoms with Gasteiger partial charge >= 0.3 is 5.97 Å². The van der Waals surface area contributed by atoms with Crippen molar-refractivity contribution in [3.05, 3.63) is 126 Å². The Morgan fingerprint density at radius 3 is 2.00 bits per heavy atom. The number of benzene rings is 5. The number of amides is 1. The van der Waals surface area contributed by atoms with Crippen molar-refractivity contribution < 1.29 is 22.7 Å². The molecule has 5 aromatic rings. The van der Waals surface area contributed by atoms with E-state index in [9.17, 15) is 18.0 Å². The summed E-state index contributed by atoms with van der Waals surface area (Å²) in [5, 5.41) is 3.56. The van der Waals surface area contributed by atoms with E-state index in [4.69, 9.17) is 4.74 Å². The molecule has 1 N–H and O–H groups in total. The summed E-state index contributed by atoms with van der Waals surface area (Å²) < 4.78 is 33.8. The molecule has 0 aliphatic heterocycles. The monoisotopic (exact) mass is 523 g/mol. The summed E-state index contributed by atoms with van der Waals surface area (Å²) in [6.45, 7) is 0. The third kappa shape index (κ3) is 5.14. The van der Waals surface area contributed by atoms with Gasteiger partial charge in [-0.1, -0.05) is 91.0 Å². The van der Waals surface area contributed by atoms with Gasteiger partial charge in [0.1, 0.15) is 0 Å². The van der Waals surface area contributed by atoms with Gasteiger partial charge in [0.25, 0.3) is 10.0 Å². The van der Waals surface area contributed by atoms with Crippen molar-refractivity contribution in [3.63, 3.8) is 0 Å². The third-order valence-electron chi connectivity index (χ3n) is 6.61. The second-order valence-electron chi connectivity index (χ2n) is 8.99. The lowest BCUT2D eigenvalue weighted by molar-refractivity contribution is -0.120. The molecule has 0 aliphatic rings. The standard InChI is InChI=1S/C31H25NO5S/c1-37-31(34)28-13-7-6-12-25(28)20-29(26-15-14-21-8-2-4-10-23(21)18-26)30(33)32-38(35,36)27-17-16-22-9-3-5-11-24(22)19-27/h2-19,29H,20H2,1H3,(H,32,33). The molecule has 0 radical (unpaired) electrons. The molecule has 0 saturated carbocycles. The fourth-order valence-corrected chi connectivity index (χ4v) is 5.67. The molecule has 7 heteroatoms. The predicted octanol–water partition coefficient (Wildman–Crippen LogP) is 5.61.